The molecule has 0 aliphatic carbocycles. The molecule has 2 heterocycles. The maximum Gasteiger partial charge on any atom is 0.261 e. The predicted molar refractivity (Wildman–Crippen MR) is 139 cm³/mol. The highest BCUT2D eigenvalue weighted by Crippen LogP contribution is 2.36. The molecule has 3 aromatic rings. The van der Waals surface area contributed by atoms with Gasteiger partial charge >= 0.3 is 0 Å². The van der Waals surface area contributed by atoms with E-state index in [1.165, 1.54) is 11.2 Å². The molecule has 2 amide bonds. The Balaban J connectivity index is 0.00000181. The molecule has 1 aliphatic rings. The summed E-state index contributed by atoms with van der Waals surface area (Å²) in [6, 6.07) is 7.35. The molecule has 180 valence electrons. The summed E-state index contributed by atoms with van der Waals surface area (Å²) in [7, 11) is 3.84. The average molecular weight is 516 g/mol. The summed E-state index contributed by atoms with van der Waals surface area (Å²) in [6.07, 6.45) is 3.37. The number of nitrogens with one attached hydrogen (secondary N) is 1. The summed E-state index contributed by atoms with van der Waals surface area (Å²) in [5.41, 5.74) is 7.37. The van der Waals surface area contributed by atoms with E-state index >= 15 is 0 Å². The van der Waals surface area contributed by atoms with Crippen LogP contribution in [0.15, 0.2) is 30.6 Å². The van der Waals surface area contributed by atoms with Crippen LogP contribution in [-0.2, 0) is 0 Å². The van der Waals surface area contributed by atoms with E-state index in [4.69, 9.17) is 5.73 Å². The maximum absolute atomic E-state index is 13.3. The number of nitrogens with zero attached hydrogens (tertiary/aromatic N) is 4. The van der Waals surface area contributed by atoms with Crippen LogP contribution in [0.4, 0.5) is 5.82 Å². The Hall–Kier alpha value is -2.23. The van der Waals surface area contributed by atoms with Crippen LogP contribution in [0.1, 0.15) is 33.6 Å². The van der Waals surface area contributed by atoms with Crippen LogP contribution in [0, 0.1) is 0 Å². The number of amides is 2. The third-order valence-corrected chi connectivity index (χ3v) is 5.41. The number of rotatable bonds is 8. The van der Waals surface area contributed by atoms with Gasteiger partial charge in [-0.05, 0) is 45.6 Å². The van der Waals surface area contributed by atoms with Gasteiger partial charge in [-0.1, -0.05) is 12.1 Å². The molecular weight excluding hydrogens is 487 g/mol. The van der Waals surface area contributed by atoms with Crippen LogP contribution in [0.5, 0.6) is 0 Å². The zero-order chi connectivity index (χ0) is 21.3. The summed E-state index contributed by atoms with van der Waals surface area (Å²) in [5.74, 6) is 0.156. The van der Waals surface area contributed by atoms with Gasteiger partial charge in [-0.25, -0.2) is 9.97 Å². The Kier molecular flexibility index (Phi) is 10.7. The van der Waals surface area contributed by atoms with Crippen LogP contribution in [0.2, 0.25) is 0 Å². The molecular formula is C22H29Cl3N6O2. The number of fused-ring (bicyclic) bond motifs is 2. The Morgan fingerprint density at radius 3 is 2.42 bits per heavy atom. The zero-order valence-corrected chi connectivity index (χ0v) is 21.0. The summed E-state index contributed by atoms with van der Waals surface area (Å²) < 4.78 is 0. The molecule has 2 aromatic carbocycles. The van der Waals surface area contributed by atoms with E-state index in [1.807, 2.05) is 37.2 Å². The number of benzene rings is 2. The number of hydrogen-bond donors (Lipinski definition) is 2. The fraction of sp³-hybridized carbons (Fsp3) is 0.364. The highest BCUT2D eigenvalue weighted by Gasteiger charge is 2.33. The molecule has 33 heavy (non-hydrogen) atoms. The lowest BCUT2D eigenvalue weighted by atomic mass is 9.92. The van der Waals surface area contributed by atoms with Gasteiger partial charge in [0.2, 0.25) is 0 Å². The van der Waals surface area contributed by atoms with Gasteiger partial charge in [0.05, 0.1) is 5.52 Å². The first-order chi connectivity index (χ1) is 14.5. The van der Waals surface area contributed by atoms with Gasteiger partial charge in [-0.3, -0.25) is 14.5 Å². The van der Waals surface area contributed by atoms with Crippen molar-refractivity contribution in [1.29, 1.82) is 0 Å². The van der Waals surface area contributed by atoms with Gasteiger partial charge < -0.3 is 16.0 Å². The largest absolute Gasteiger partial charge is 0.369 e. The molecule has 0 radical (unpaired) electrons. The fourth-order valence-electron chi connectivity index (χ4n) is 3.85. The molecule has 11 heteroatoms. The van der Waals surface area contributed by atoms with Crippen molar-refractivity contribution in [2.45, 2.75) is 12.8 Å². The van der Waals surface area contributed by atoms with Crippen LogP contribution in [-0.4, -0.2) is 71.9 Å². The zero-order valence-electron chi connectivity index (χ0n) is 18.5. The van der Waals surface area contributed by atoms with Crippen molar-refractivity contribution in [3.05, 3.63) is 41.7 Å². The van der Waals surface area contributed by atoms with Crippen molar-refractivity contribution >= 4 is 76.5 Å². The van der Waals surface area contributed by atoms with Gasteiger partial charge in [-0.15, -0.1) is 37.2 Å². The molecule has 3 N–H and O–H groups in total. The highest BCUT2D eigenvalue weighted by molar-refractivity contribution is 6.29. The van der Waals surface area contributed by atoms with Crippen LogP contribution < -0.4 is 11.1 Å². The monoisotopic (exact) mass is 514 g/mol. The minimum atomic E-state index is -0.273. The van der Waals surface area contributed by atoms with Gasteiger partial charge in [0.25, 0.3) is 11.8 Å². The van der Waals surface area contributed by atoms with Gasteiger partial charge in [0.15, 0.2) is 0 Å². The minimum absolute atomic E-state index is 0. The molecule has 0 fully saturated rings. The SMILES string of the molecule is CN(C)CCN1C(=O)c2cccc3c2c(cc2c(NCCCCN)ncnc23)C1=O.Cl.Cl.Cl. The molecule has 0 atom stereocenters. The number of halogens is 3. The summed E-state index contributed by atoms with van der Waals surface area (Å²) in [5, 5.41) is 5.59. The van der Waals surface area contributed by atoms with Crippen molar-refractivity contribution in [2.75, 3.05) is 45.6 Å². The average Bonchev–Trinajstić information content (AvgIpc) is 2.74. The Morgan fingerprint density at radius 2 is 1.73 bits per heavy atom. The molecule has 8 nitrogen and oxygen atoms in total. The number of nitrogens with two attached hydrogens (primary N) is 1. The normalized spacial score (nSPS) is 12.4. The number of anilines is 1. The third kappa shape index (κ3) is 5.47. The van der Waals surface area contributed by atoms with Crippen LogP contribution in [0.25, 0.3) is 21.7 Å². The summed E-state index contributed by atoms with van der Waals surface area (Å²) >= 11 is 0. The Morgan fingerprint density at radius 1 is 1.00 bits per heavy atom. The van der Waals surface area contributed by atoms with E-state index in [0.29, 0.717) is 42.0 Å². The lowest BCUT2D eigenvalue weighted by Gasteiger charge is -2.28. The summed E-state index contributed by atoms with van der Waals surface area (Å²) in [6.45, 7) is 2.33. The van der Waals surface area contributed by atoms with E-state index in [0.717, 1.165) is 35.7 Å². The smallest absolute Gasteiger partial charge is 0.261 e. The number of likely N-dealkylation sites (N-methyl/N-ethyl adjacent to an activating group) is 1. The molecule has 1 aliphatic heterocycles. The quantitative estimate of drug-likeness (QED) is 0.269. The van der Waals surface area contributed by atoms with Crippen LogP contribution >= 0.6 is 37.2 Å². The van der Waals surface area contributed by atoms with Crippen LogP contribution in [0.3, 0.4) is 0 Å². The minimum Gasteiger partial charge on any atom is -0.369 e. The molecule has 1 aromatic heterocycles. The maximum atomic E-state index is 13.3. The summed E-state index contributed by atoms with van der Waals surface area (Å²) in [4.78, 5) is 38.5. The molecule has 0 spiro atoms. The second kappa shape index (κ2) is 12.3. The van der Waals surface area contributed by atoms with Gasteiger partial charge in [0, 0.05) is 46.9 Å². The van der Waals surface area contributed by atoms with Crippen molar-refractivity contribution < 1.29 is 9.59 Å². The van der Waals surface area contributed by atoms with Crippen molar-refractivity contribution in [3.8, 4) is 0 Å². The lowest BCUT2D eigenvalue weighted by molar-refractivity contribution is 0.0601. The van der Waals surface area contributed by atoms with Gasteiger partial charge in [-0.2, -0.15) is 0 Å². The molecule has 0 unspecified atom stereocenters. The Labute approximate surface area is 211 Å². The second-order valence-electron chi connectivity index (χ2n) is 7.76. The van der Waals surface area contributed by atoms with E-state index in [1.54, 1.807) is 6.07 Å². The number of hydrogen-bond acceptors (Lipinski definition) is 7. The van der Waals surface area contributed by atoms with Crippen molar-refractivity contribution in [2.24, 2.45) is 5.73 Å². The third-order valence-electron chi connectivity index (χ3n) is 5.41. The van der Waals surface area contributed by atoms with E-state index in [9.17, 15) is 9.59 Å². The standard InChI is InChI=1S/C22H26N6O2.3ClH/c1-27(2)10-11-28-21(29)15-7-5-6-14-18(15)16(22(28)30)12-17-19(14)25-13-26-20(17)24-9-4-3-8-23;;;/h5-7,12-13H,3-4,8-11,23H2,1-2H3,(H,24,25,26);3*1H. The fourth-order valence-corrected chi connectivity index (χ4v) is 3.85. The number of unbranched alkanes of at least 4 members (excludes halogenated alkanes) is 1. The van der Waals surface area contributed by atoms with E-state index in [-0.39, 0.29) is 49.0 Å². The number of carbonyl (C=O) groups excluding carboxylic acids is 2. The molecule has 0 bridgehead atoms. The topological polar surface area (TPSA) is 104 Å². The van der Waals surface area contributed by atoms with E-state index in [2.05, 4.69) is 15.3 Å². The Bertz CT molecular complexity index is 1140. The second-order valence-corrected chi connectivity index (χ2v) is 7.76. The van der Waals surface area contributed by atoms with Crippen molar-refractivity contribution in [3.63, 3.8) is 0 Å². The van der Waals surface area contributed by atoms with Crippen molar-refractivity contribution in [1.82, 2.24) is 19.8 Å². The first kappa shape index (κ1) is 28.8. The van der Waals surface area contributed by atoms with E-state index < -0.39 is 0 Å². The molecule has 4 rings (SSSR count). The highest BCUT2D eigenvalue weighted by atomic mass is 35.5. The predicted octanol–water partition coefficient (Wildman–Crippen LogP) is 3.36. The first-order valence-corrected chi connectivity index (χ1v) is 10.2. The number of aromatic nitrogens is 2. The number of imide groups is 1. The number of carbonyl (C=O) groups is 2. The lowest BCUT2D eigenvalue weighted by Crippen LogP contribution is -2.43. The first-order valence-electron chi connectivity index (χ1n) is 10.2. The molecule has 0 saturated heterocycles. The van der Waals surface area contributed by atoms with Gasteiger partial charge in [0.1, 0.15) is 12.1 Å². The molecule has 0 saturated carbocycles.